The number of halogens is 1. The van der Waals surface area contributed by atoms with Crippen LogP contribution < -0.4 is 9.47 Å². The van der Waals surface area contributed by atoms with Crippen LogP contribution in [0.4, 0.5) is 4.39 Å². The molecule has 0 aromatic heterocycles. The van der Waals surface area contributed by atoms with Crippen molar-refractivity contribution in [1.82, 2.24) is 0 Å². The predicted octanol–water partition coefficient (Wildman–Crippen LogP) is 1.11. The Morgan fingerprint density at radius 3 is 2.75 bits per heavy atom. The van der Waals surface area contributed by atoms with Gasteiger partial charge in [-0.15, -0.1) is 0 Å². The molecule has 5 nitrogen and oxygen atoms in total. The molecule has 16 heavy (non-hydrogen) atoms. The van der Waals surface area contributed by atoms with Crippen LogP contribution in [-0.4, -0.2) is 31.1 Å². The number of carboxylic acid groups (broad SMARTS) is 1. The van der Waals surface area contributed by atoms with Crippen molar-refractivity contribution in [3.63, 3.8) is 0 Å². The van der Waals surface area contributed by atoms with Crippen molar-refractivity contribution in [3.05, 3.63) is 23.5 Å². The Bertz CT molecular complexity index is 416. The molecule has 0 bridgehead atoms. The molecule has 1 aromatic carbocycles. The summed E-state index contributed by atoms with van der Waals surface area (Å²) in [7, 11) is 1.26. The Kier molecular flexibility index (Phi) is 3.82. The van der Waals surface area contributed by atoms with Crippen LogP contribution in [0.3, 0.4) is 0 Å². The molecule has 0 aliphatic heterocycles. The summed E-state index contributed by atoms with van der Waals surface area (Å²) in [5.74, 6) is -2.43. The quantitative estimate of drug-likeness (QED) is 0.764. The first-order valence-corrected chi connectivity index (χ1v) is 4.25. The molecule has 0 amide bonds. The number of aliphatic carboxylic acids is 1. The van der Waals surface area contributed by atoms with E-state index < -0.39 is 18.4 Å². The lowest BCUT2D eigenvalue weighted by atomic mass is 10.2. The third-order valence-corrected chi connectivity index (χ3v) is 1.73. The maximum atomic E-state index is 13.4. The lowest BCUT2D eigenvalue weighted by molar-refractivity contribution is -0.139. The number of methoxy groups -OCH3 is 1. The highest BCUT2D eigenvalue weighted by molar-refractivity contribution is 5.76. The van der Waals surface area contributed by atoms with Crippen LogP contribution in [0, 0.1) is 5.82 Å². The second-order valence-electron chi connectivity index (χ2n) is 2.83. The van der Waals surface area contributed by atoms with Crippen molar-refractivity contribution in [3.8, 4) is 11.5 Å². The summed E-state index contributed by atoms with van der Waals surface area (Å²) in [5, 5.41) is 8.39. The molecular formula is C10H9FO5. The number of hydrogen-bond acceptors (Lipinski definition) is 4. The van der Waals surface area contributed by atoms with E-state index in [-0.39, 0.29) is 17.1 Å². The summed E-state index contributed by atoms with van der Waals surface area (Å²) < 4.78 is 22.9. The van der Waals surface area contributed by atoms with E-state index in [0.29, 0.717) is 6.29 Å². The van der Waals surface area contributed by atoms with Gasteiger partial charge in [-0.2, -0.15) is 0 Å². The Labute approximate surface area is 90.4 Å². The molecule has 1 N–H and O–H groups in total. The number of benzene rings is 1. The zero-order chi connectivity index (χ0) is 12.1. The number of carbonyl (C=O) groups excluding carboxylic acids is 1. The number of hydrogen-bond donors (Lipinski definition) is 1. The number of carbonyl (C=O) groups is 2. The van der Waals surface area contributed by atoms with E-state index in [1.807, 2.05) is 0 Å². The Morgan fingerprint density at radius 1 is 1.56 bits per heavy atom. The molecule has 0 saturated carbocycles. The fraction of sp³-hybridized carbons (Fsp3) is 0.200. The van der Waals surface area contributed by atoms with E-state index in [0.717, 1.165) is 6.07 Å². The van der Waals surface area contributed by atoms with E-state index in [4.69, 9.17) is 14.6 Å². The zero-order valence-corrected chi connectivity index (χ0v) is 8.40. The van der Waals surface area contributed by atoms with Gasteiger partial charge in [-0.1, -0.05) is 0 Å². The molecule has 1 rings (SSSR count). The van der Waals surface area contributed by atoms with Crippen LogP contribution in [-0.2, 0) is 4.79 Å². The number of rotatable bonds is 5. The predicted molar refractivity (Wildman–Crippen MR) is 51.5 cm³/mol. The minimum atomic E-state index is -1.24. The molecule has 0 atom stereocenters. The fourth-order valence-electron chi connectivity index (χ4n) is 1.08. The summed E-state index contributed by atoms with van der Waals surface area (Å²) in [5.41, 5.74) is 0.0806. The van der Waals surface area contributed by atoms with Gasteiger partial charge >= 0.3 is 5.97 Å². The topological polar surface area (TPSA) is 72.8 Å². The van der Waals surface area contributed by atoms with Crippen molar-refractivity contribution in [1.29, 1.82) is 0 Å². The molecule has 6 heteroatoms. The normalized spacial score (nSPS) is 9.62. The average molecular weight is 228 g/mol. The van der Waals surface area contributed by atoms with Crippen molar-refractivity contribution >= 4 is 12.3 Å². The molecule has 86 valence electrons. The zero-order valence-electron chi connectivity index (χ0n) is 8.40. The number of aldehydes is 1. The molecule has 0 heterocycles. The van der Waals surface area contributed by atoms with Crippen molar-refractivity contribution in [2.45, 2.75) is 0 Å². The van der Waals surface area contributed by atoms with Gasteiger partial charge in [0.25, 0.3) is 0 Å². The van der Waals surface area contributed by atoms with Gasteiger partial charge in [-0.05, 0) is 12.1 Å². The molecule has 0 aliphatic rings. The van der Waals surface area contributed by atoms with E-state index >= 15 is 0 Å². The molecule has 0 fully saturated rings. The standard InChI is InChI=1S/C10H9FO5/c1-15-8-3-6(4-12)2-7(11)10(8)16-5-9(13)14/h2-4H,5H2,1H3,(H,13,14). The Morgan fingerprint density at radius 2 is 2.25 bits per heavy atom. The summed E-state index contributed by atoms with van der Waals surface area (Å²) in [4.78, 5) is 20.7. The SMILES string of the molecule is COc1cc(C=O)cc(F)c1OCC(=O)O. The summed E-state index contributed by atoms with van der Waals surface area (Å²) in [6, 6.07) is 2.19. The first kappa shape index (κ1) is 12.0. The fourth-order valence-corrected chi connectivity index (χ4v) is 1.08. The smallest absolute Gasteiger partial charge is 0.341 e. The number of ether oxygens (including phenoxy) is 2. The minimum absolute atomic E-state index is 0.0247. The van der Waals surface area contributed by atoms with E-state index in [1.54, 1.807) is 0 Å². The third-order valence-electron chi connectivity index (χ3n) is 1.73. The average Bonchev–Trinajstić information content (AvgIpc) is 2.26. The highest BCUT2D eigenvalue weighted by Crippen LogP contribution is 2.31. The molecule has 0 aliphatic carbocycles. The van der Waals surface area contributed by atoms with Crippen LogP contribution >= 0.6 is 0 Å². The number of carboxylic acids is 1. The second-order valence-corrected chi connectivity index (χ2v) is 2.83. The lowest BCUT2D eigenvalue weighted by Crippen LogP contribution is -2.11. The van der Waals surface area contributed by atoms with Crippen LogP contribution in [0.25, 0.3) is 0 Å². The Balaban J connectivity index is 3.06. The highest BCUT2D eigenvalue weighted by atomic mass is 19.1. The lowest BCUT2D eigenvalue weighted by Gasteiger charge is -2.10. The van der Waals surface area contributed by atoms with Gasteiger partial charge in [0.1, 0.15) is 6.29 Å². The molecule has 0 radical (unpaired) electrons. The highest BCUT2D eigenvalue weighted by Gasteiger charge is 2.14. The monoisotopic (exact) mass is 228 g/mol. The van der Waals surface area contributed by atoms with E-state index in [1.165, 1.54) is 13.2 Å². The van der Waals surface area contributed by atoms with Crippen LogP contribution in [0.5, 0.6) is 11.5 Å². The maximum Gasteiger partial charge on any atom is 0.341 e. The minimum Gasteiger partial charge on any atom is -0.493 e. The van der Waals surface area contributed by atoms with Gasteiger partial charge in [0.05, 0.1) is 7.11 Å². The largest absolute Gasteiger partial charge is 0.493 e. The van der Waals surface area contributed by atoms with E-state index in [2.05, 4.69) is 0 Å². The van der Waals surface area contributed by atoms with Gasteiger partial charge < -0.3 is 14.6 Å². The van der Waals surface area contributed by atoms with Gasteiger partial charge in [0.15, 0.2) is 23.9 Å². The second kappa shape index (κ2) is 5.11. The van der Waals surface area contributed by atoms with Crippen LogP contribution in [0.1, 0.15) is 10.4 Å². The first-order chi connectivity index (χ1) is 7.58. The van der Waals surface area contributed by atoms with Crippen molar-refractivity contribution in [2.24, 2.45) is 0 Å². The van der Waals surface area contributed by atoms with E-state index in [9.17, 15) is 14.0 Å². The van der Waals surface area contributed by atoms with Crippen LogP contribution in [0.2, 0.25) is 0 Å². The molecule has 0 saturated heterocycles. The molecule has 1 aromatic rings. The molecule has 0 spiro atoms. The third kappa shape index (κ3) is 2.69. The van der Waals surface area contributed by atoms with Gasteiger partial charge in [-0.3, -0.25) is 4.79 Å². The Hall–Kier alpha value is -2.11. The molecule has 0 unspecified atom stereocenters. The van der Waals surface area contributed by atoms with Crippen LogP contribution in [0.15, 0.2) is 12.1 Å². The van der Waals surface area contributed by atoms with Crippen molar-refractivity contribution < 1.29 is 28.6 Å². The molecular weight excluding hydrogens is 219 g/mol. The van der Waals surface area contributed by atoms with Gasteiger partial charge in [0.2, 0.25) is 0 Å². The first-order valence-electron chi connectivity index (χ1n) is 4.25. The summed E-state index contributed by atoms with van der Waals surface area (Å²) in [6.07, 6.45) is 0.451. The van der Waals surface area contributed by atoms with Gasteiger partial charge in [0, 0.05) is 5.56 Å². The maximum absolute atomic E-state index is 13.4. The summed E-state index contributed by atoms with van der Waals surface area (Å²) in [6.45, 7) is -0.687. The summed E-state index contributed by atoms with van der Waals surface area (Å²) >= 11 is 0. The van der Waals surface area contributed by atoms with Crippen molar-refractivity contribution in [2.75, 3.05) is 13.7 Å². The van der Waals surface area contributed by atoms with Gasteiger partial charge in [-0.25, -0.2) is 9.18 Å².